The molecule has 1 aromatic carbocycles. The maximum Gasteiger partial charge on any atom is 0.253 e. The van der Waals surface area contributed by atoms with E-state index < -0.39 is 0 Å². The van der Waals surface area contributed by atoms with E-state index in [-0.39, 0.29) is 11.7 Å². The molecule has 1 fully saturated rings. The summed E-state index contributed by atoms with van der Waals surface area (Å²) in [5, 5.41) is 4.88. The lowest BCUT2D eigenvalue weighted by molar-refractivity contribution is 0.113. The molecule has 1 saturated heterocycles. The molecule has 1 aliphatic heterocycles. The van der Waals surface area contributed by atoms with Gasteiger partial charge < -0.3 is 34.3 Å². The number of hydrogen-bond acceptors (Lipinski definition) is 6. The average molecular weight is 477 g/mol. The predicted octanol–water partition coefficient (Wildman–Crippen LogP) is 2.74. The molecule has 9 heteroatoms. The minimum atomic E-state index is -0.135. The van der Waals surface area contributed by atoms with Gasteiger partial charge in [-0.25, -0.2) is 0 Å². The number of methoxy groups -OCH3 is 2. The van der Waals surface area contributed by atoms with Crippen LogP contribution in [0.1, 0.15) is 32.3 Å². The van der Waals surface area contributed by atoms with Crippen molar-refractivity contribution in [1.29, 1.82) is 0 Å². The molecular weight excluding hydrogens is 440 g/mol. The van der Waals surface area contributed by atoms with Crippen LogP contribution in [0.4, 0.5) is 0 Å². The Kier molecular flexibility index (Phi) is 9.34. The van der Waals surface area contributed by atoms with E-state index in [4.69, 9.17) is 26.4 Å². The van der Waals surface area contributed by atoms with Crippen molar-refractivity contribution in [3.63, 3.8) is 0 Å². The van der Waals surface area contributed by atoms with Gasteiger partial charge in [-0.1, -0.05) is 13.8 Å². The molecule has 1 aliphatic rings. The standard InChI is InChI=1S/C24H36N4O4S/c1-5-27(6-2)9-10-28(24(33)25-15-19-8-7-11-32-19)16-18-12-17-13-21(30-3)22(31-4)14-20(17)26-23(18)29/h12-14,19H,5-11,15-16H2,1-4H3,(H,25,33)(H,26,29)/t19-/m1/s1. The molecule has 2 N–H and O–H groups in total. The highest BCUT2D eigenvalue weighted by Gasteiger charge is 2.19. The fraction of sp³-hybridized carbons (Fsp3) is 0.583. The first-order valence-electron chi connectivity index (χ1n) is 11.6. The molecule has 0 amide bonds. The summed E-state index contributed by atoms with van der Waals surface area (Å²) >= 11 is 5.74. The molecule has 2 heterocycles. The Bertz CT molecular complexity index is 986. The topological polar surface area (TPSA) is 79.1 Å². The number of likely N-dealkylation sites (N-methyl/N-ethyl adjacent to an activating group) is 1. The number of thiocarbonyl (C=S) groups is 1. The van der Waals surface area contributed by atoms with E-state index in [1.165, 1.54) is 0 Å². The van der Waals surface area contributed by atoms with Crippen LogP contribution < -0.4 is 20.3 Å². The molecule has 0 radical (unpaired) electrons. The number of aromatic amines is 1. The number of fused-ring (bicyclic) bond motifs is 1. The van der Waals surface area contributed by atoms with E-state index in [2.05, 4.69) is 33.9 Å². The van der Waals surface area contributed by atoms with E-state index in [0.717, 1.165) is 51.0 Å². The Hall–Kier alpha value is -2.36. The minimum Gasteiger partial charge on any atom is -0.493 e. The van der Waals surface area contributed by atoms with Crippen molar-refractivity contribution in [3.8, 4) is 11.5 Å². The summed E-state index contributed by atoms with van der Waals surface area (Å²) < 4.78 is 16.5. The van der Waals surface area contributed by atoms with Crippen molar-refractivity contribution in [2.45, 2.75) is 39.3 Å². The second kappa shape index (κ2) is 12.2. The molecule has 0 aliphatic carbocycles. The molecule has 33 heavy (non-hydrogen) atoms. The lowest BCUT2D eigenvalue weighted by Gasteiger charge is -2.29. The zero-order chi connectivity index (χ0) is 23.8. The van der Waals surface area contributed by atoms with Crippen LogP contribution in [0.2, 0.25) is 0 Å². The highest BCUT2D eigenvalue weighted by molar-refractivity contribution is 7.80. The Labute approximate surface area is 201 Å². The van der Waals surface area contributed by atoms with Crippen LogP contribution in [-0.2, 0) is 11.3 Å². The van der Waals surface area contributed by atoms with E-state index in [0.29, 0.717) is 40.8 Å². The molecule has 1 aromatic heterocycles. The summed E-state index contributed by atoms with van der Waals surface area (Å²) in [7, 11) is 3.18. The Morgan fingerprint density at radius 2 is 1.91 bits per heavy atom. The molecule has 1 atom stereocenters. The number of nitrogens with one attached hydrogen (secondary N) is 2. The molecule has 3 rings (SSSR count). The minimum absolute atomic E-state index is 0.135. The summed E-state index contributed by atoms with van der Waals surface area (Å²) in [5.74, 6) is 1.20. The normalized spacial score (nSPS) is 15.7. The van der Waals surface area contributed by atoms with Crippen LogP contribution in [0, 0.1) is 0 Å². The van der Waals surface area contributed by atoms with Crippen LogP contribution in [-0.4, -0.2) is 79.6 Å². The SMILES string of the molecule is CCN(CC)CCN(Cc1cc2cc(OC)c(OC)cc2[nH]c1=O)C(=S)NC[C@H]1CCCO1. The van der Waals surface area contributed by atoms with Gasteiger partial charge in [0, 0.05) is 43.3 Å². The van der Waals surface area contributed by atoms with Crippen molar-refractivity contribution >= 4 is 28.2 Å². The van der Waals surface area contributed by atoms with Gasteiger partial charge in [-0.2, -0.15) is 0 Å². The van der Waals surface area contributed by atoms with E-state index in [1.54, 1.807) is 20.3 Å². The highest BCUT2D eigenvalue weighted by atomic mass is 32.1. The smallest absolute Gasteiger partial charge is 0.253 e. The van der Waals surface area contributed by atoms with Gasteiger partial charge in [0.2, 0.25) is 0 Å². The second-order valence-electron chi connectivity index (χ2n) is 8.19. The van der Waals surface area contributed by atoms with E-state index >= 15 is 0 Å². The largest absolute Gasteiger partial charge is 0.493 e. The number of H-pyrrole nitrogens is 1. The number of hydrogen-bond donors (Lipinski definition) is 2. The van der Waals surface area contributed by atoms with Crippen LogP contribution in [0.15, 0.2) is 23.0 Å². The van der Waals surface area contributed by atoms with Gasteiger partial charge in [-0.3, -0.25) is 4.79 Å². The molecule has 0 saturated carbocycles. The van der Waals surface area contributed by atoms with Crippen LogP contribution in [0.25, 0.3) is 10.9 Å². The summed E-state index contributed by atoms with van der Waals surface area (Å²) in [6.07, 6.45) is 2.33. The maximum atomic E-state index is 12.9. The molecule has 182 valence electrons. The average Bonchev–Trinajstić information content (AvgIpc) is 3.35. The van der Waals surface area contributed by atoms with Crippen molar-refractivity contribution < 1.29 is 14.2 Å². The fourth-order valence-corrected chi connectivity index (χ4v) is 4.31. The van der Waals surface area contributed by atoms with Gasteiger partial charge in [-0.05, 0) is 50.3 Å². The zero-order valence-corrected chi connectivity index (χ0v) is 20.9. The number of benzene rings is 1. The lowest BCUT2D eigenvalue weighted by atomic mass is 10.1. The summed E-state index contributed by atoms with van der Waals surface area (Å²) in [6, 6.07) is 5.57. The van der Waals surface area contributed by atoms with Crippen molar-refractivity contribution in [2.24, 2.45) is 0 Å². The number of pyridine rings is 1. The van der Waals surface area contributed by atoms with Gasteiger partial charge in [0.05, 0.1) is 32.4 Å². The first-order valence-corrected chi connectivity index (χ1v) is 12.0. The van der Waals surface area contributed by atoms with Gasteiger partial charge in [-0.15, -0.1) is 0 Å². The third-order valence-corrected chi connectivity index (χ3v) is 6.56. The lowest BCUT2D eigenvalue weighted by Crippen LogP contribution is -2.46. The van der Waals surface area contributed by atoms with Crippen LogP contribution in [0.5, 0.6) is 11.5 Å². The monoisotopic (exact) mass is 476 g/mol. The maximum absolute atomic E-state index is 12.9. The zero-order valence-electron chi connectivity index (χ0n) is 20.1. The number of aromatic nitrogens is 1. The van der Waals surface area contributed by atoms with Gasteiger partial charge in [0.1, 0.15) is 0 Å². The Morgan fingerprint density at radius 1 is 1.18 bits per heavy atom. The quantitative estimate of drug-likeness (QED) is 0.480. The molecule has 0 unspecified atom stereocenters. The Balaban J connectivity index is 1.82. The van der Waals surface area contributed by atoms with E-state index in [9.17, 15) is 4.79 Å². The Morgan fingerprint density at radius 3 is 2.55 bits per heavy atom. The van der Waals surface area contributed by atoms with Gasteiger partial charge in [0.25, 0.3) is 5.56 Å². The van der Waals surface area contributed by atoms with Crippen molar-refractivity contribution in [2.75, 3.05) is 53.6 Å². The second-order valence-corrected chi connectivity index (χ2v) is 8.57. The highest BCUT2D eigenvalue weighted by Crippen LogP contribution is 2.31. The number of ether oxygens (including phenoxy) is 3. The third kappa shape index (κ3) is 6.59. The number of rotatable bonds is 11. The molecular formula is C24H36N4O4S. The van der Waals surface area contributed by atoms with E-state index in [1.807, 2.05) is 12.1 Å². The van der Waals surface area contributed by atoms with Crippen molar-refractivity contribution in [1.82, 2.24) is 20.1 Å². The molecule has 8 nitrogen and oxygen atoms in total. The number of nitrogens with zero attached hydrogens (tertiary/aromatic N) is 2. The molecule has 0 spiro atoms. The van der Waals surface area contributed by atoms with Gasteiger partial charge >= 0.3 is 0 Å². The third-order valence-electron chi connectivity index (χ3n) is 6.16. The molecule has 0 bridgehead atoms. The first kappa shape index (κ1) is 25.3. The summed E-state index contributed by atoms with van der Waals surface area (Å²) in [4.78, 5) is 20.3. The summed E-state index contributed by atoms with van der Waals surface area (Å²) in [6.45, 7) is 9.75. The van der Waals surface area contributed by atoms with Crippen LogP contribution in [0.3, 0.4) is 0 Å². The summed E-state index contributed by atoms with van der Waals surface area (Å²) in [5.41, 5.74) is 1.22. The van der Waals surface area contributed by atoms with Crippen LogP contribution >= 0.6 is 12.2 Å². The van der Waals surface area contributed by atoms with Crippen molar-refractivity contribution in [3.05, 3.63) is 34.1 Å². The molecule has 2 aromatic rings. The first-order chi connectivity index (χ1) is 16.0. The van der Waals surface area contributed by atoms with Gasteiger partial charge in [0.15, 0.2) is 16.6 Å². The predicted molar refractivity (Wildman–Crippen MR) is 135 cm³/mol. The fourth-order valence-electron chi connectivity index (χ4n) is 4.07.